The fourth-order valence-corrected chi connectivity index (χ4v) is 6.02. The standard InChI is InChI=1S/C24H25F3N2O3.C5H6S/c25-19-6-4-17(5-7-19)18-9-11-28(12-10-18)14-16-8-13-29(15-16)23(30)20-2-1-3-21-22(20)32-24(26,27)31-21;1-5-2-3-6-4-5/h1-7,16,18H,8-15H2;2-4H,1H3/t16-;/m1./s1. The van der Waals surface area contributed by atoms with Crippen molar-refractivity contribution in [1.29, 1.82) is 0 Å². The van der Waals surface area contributed by atoms with Crippen LogP contribution in [0.5, 0.6) is 11.5 Å². The van der Waals surface area contributed by atoms with Crippen LogP contribution < -0.4 is 9.47 Å². The molecule has 0 radical (unpaired) electrons. The minimum absolute atomic E-state index is 0.111. The van der Waals surface area contributed by atoms with Crippen LogP contribution in [0, 0.1) is 18.7 Å². The number of para-hydroxylation sites is 1. The fraction of sp³-hybridized carbons (Fsp3) is 0.414. The van der Waals surface area contributed by atoms with Gasteiger partial charge < -0.3 is 19.3 Å². The Morgan fingerprint density at radius 2 is 1.79 bits per heavy atom. The first-order valence-corrected chi connectivity index (χ1v) is 13.9. The highest BCUT2D eigenvalue weighted by Gasteiger charge is 2.45. The summed E-state index contributed by atoms with van der Waals surface area (Å²) in [6.45, 7) is 6.13. The number of hydrogen-bond donors (Lipinski definition) is 0. The van der Waals surface area contributed by atoms with Crippen molar-refractivity contribution in [2.45, 2.75) is 38.4 Å². The summed E-state index contributed by atoms with van der Waals surface area (Å²) in [6, 6.07) is 13.3. The van der Waals surface area contributed by atoms with Crippen LogP contribution in [-0.4, -0.2) is 54.7 Å². The molecule has 1 aromatic heterocycles. The Morgan fingerprint density at radius 1 is 1.03 bits per heavy atom. The molecule has 6 rings (SSSR count). The number of nitrogens with zero attached hydrogens (tertiary/aromatic N) is 2. The smallest absolute Gasteiger partial charge is 0.395 e. The minimum Gasteiger partial charge on any atom is -0.395 e. The van der Waals surface area contributed by atoms with Crippen LogP contribution >= 0.6 is 11.3 Å². The third-order valence-electron chi connectivity index (χ3n) is 7.34. The van der Waals surface area contributed by atoms with Gasteiger partial charge in [0.05, 0.1) is 5.56 Å². The first-order chi connectivity index (χ1) is 18.3. The molecule has 1 amide bonds. The lowest BCUT2D eigenvalue weighted by Crippen LogP contribution is -2.38. The minimum atomic E-state index is -3.74. The molecule has 2 fully saturated rings. The quantitative estimate of drug-likeness (QED) is 0.374. The van der Waals surface area contributed by atoms with Gasteiger partial charge in [0.2, 0.25) is 0 Å². The molecular formula is C29H31F3N2O3S. The van der Waals surface area contributed by atoms with Gasteiger partial charge in [-0.3, -0.25) is 4.79 Å². The first-order valence-electron chi connectivity index (χ1n) is 12.9. The predicted molar refractivity (Wildman–Crippen MR) is 141 cm³/mol. The van der Waals surface area contributed by atoms with E-state index in [1.54, 1.807) is 16.2 Å². The van der Waals surface area contributed by atoms with Crippen LogP contribution in [0.3, 0.4) is 0 Å². The van der Waals surface area contributed by atoms with E-state index in [9.17, 15) is 18.0 Å². The van der Waals surface area contributed by atoms with Crippen molar-refractivity contribution < 1.29 is 27.4 Å². The lowest BCUT2D eigenvalue weighted by atomic mass is 9.89. The summed E-state index contributed by atoms with van der Waals surface area (Å²) in [6.07, 6.45) is -0.802. The van der Waals surface area contributed by atoms with Gasteiger partial charge in [-0.05, 0) is 103 Å². The summed E-state index contributed by atoms with van der Waals surface area (Å²) < 4.78 is 49.1. The summed E-state index contributed by atoms with van der Waals surface area (Å²) in [4.78, 5) is 17.1. The van der Waals surface area contributed by atoms with E-state index in [4.69, 9.17) is 0 Å². The molecule has 202 valence electrons. The Balaban J connectivity index is 0.000000433. The van der Waals surface area contributed by atoms with E-state index in [1.165, 1.54) is 41.5 Å². The van der Waals surface area contributed by atoms with E-state index in [2.05, 4.69) is 38.1 Å². The number of rotatable bonds is 4. The number of aryl methyl sites for hydroxylation is 1. The number of ether oxygens (including phenoxy) is 2. The van der Waals surface area contributed by atoms with E-state index in [0.29, 0.717) is 24.9 Å². The average Bonchev–Trinajstić information content (AvgIpc) is 3.64. The number of likely N-dealkylation sites (tertiary alicyclic amines) is 2. The normalized spacial score (nSPS) is 20.7. The number of hydrogen-bond acceptors (Lipinski definition) is 5. The highest BCUT2D eigenvalue weighted by Crippen LogP contribution is 2.43. The second kappa shape index (κ2) is 11.4. The van der Waals surface area contributed by atoms with Gasteiger partial charge in [-0.2, -0.15) is 11.3 Å². The van der Waals surface area contributed by atoms with Gasteiger partial charge in [-0.1, -0.05) is 18.2 Å². The van der Waals surface area contributed by atoms with Crippen LogP contribution in [0.15, 0.2) is 59.3 Å². The molecule has 5 nitrogen and oxygen atoms in total. The summed E-state index contributed by atoms with van der Waals surface area (Å²) in [5, 5.41) is 4.20. The number of amides is 1. The van der Waals surface area contributed by atoms with Crippen molar-refractivity contribution in [3.63, 3.8) is 0 Å². The third-order valence-corrected chi connectivity index (χ3v) is 8.14. The zero-order chi connectivity index (χ0) is 26.7. The maximum absolute atomic E-state index is 13.4. The SMILES string of the molecule is Cc1ccsc1.O=C(c1cccc2c1OC(F)(F)O2)N1CC[C@H](CN2CCC(c3ccc(F)cc3)CC2)C1. The lowest BCUT2D eigenvalue weighted by Gasteiger charge is -2.33. The first kappa shape index (κ1) is 26.6. The fourth-order valence-electron chi connectivity index (χ4n) is 5.36. The van der Waals surface area contributed by atoms with Crippen molar-refractivity contribution in [2.75, 3.05) is 32.7 Å². The molecule has 2 aromatic carbocycles. The molecule has 2 saturated heterocycles. The Labute approximate surface area is 224 Å². The van der Waals surface area contributed by atoms with Crippen LogP contribution in [0.2, 0.25) is 0 Å². The summed E-state index contributed by atoms with van der Waals surface area (Å²) >= 11 is 1.74. The van der Waals surface area contributed by atoms with Gasteiger partial charge in [-0.15, -0.1) is 8.78 Å². The molecule has 3 aromatic rings. The van der Waals surface area contributed by atoms with E-state index in [0.717, 1.165) is 38.9 Å². The van der Waals surface area contributed by atoms with Gasteiger partial charge in [0.15, 0.2) is 11.5 Å². The number of halogens is 3. The second-order valence-corrected chi connectivity index (χ2v) is 10.9. The maximum Gasteiger partial charge on any atom is 0.586 e. The predicted octanol–water partition coefficient (Wildman–Crippen LogP) is 6.55. The summed E-state index contributed by atoms with van der Waals surface area (Å²) in [5.41, 5.74) is 2.66. The number of carbonyl (C=O) groups is 1. The van der Waals surface area contributed by atoms with Crippen LogP contribution in [0.4, 0.5) is 13.2 Å². The van der Waals surface area contributed by atoms with Gasteiger partial charge >= 0.3 is 6.29 Å². The maximum atomic E-state index is 13.4. The molecule has 0 aliphatic carbocycles. The molecule has 3 aliphatic heterocycles. The molecule has 9 heteroatoms. The topological polar surface area (TPSA) is 42.0 Å². The number of piperidine rings is 1. The largest absolute Gasteiger partial charge is 0.586 e. The highest BCUT2D eigenvalue weighted by molar-refractivity contribution is 7.07. The molecule has 0 N–H and O–H groups in total. The monoisotopic (exact) mass is 544 g/mol. The van der Waals surface area contributed by atoms with E-state index in [-0.39, 0.29) is 28.8 Å². The Bertz CT molecular complexity index is 1230. The highest BCUT2D eigenvalue weighted by atomic mass is 32.1. The Kier molecular flexibility index (Phi) is 7.95. The number of fused-ring (bicyclic) bond motifs is 1. The van der Waals surface area contributed by atoms with Crippen molar-refractivity contribution in [2.24, 2.45) is 5.92 Å². The summed E-state index contributed by atoms with van der Waals surface area (Å²) in [7, 11) is 0. The number of thiophene rings is 1. The Morgan fingerprint density at radius 3 is 2.45 bits per heavy atom. The molecule has 4 heterocycles. The molecule has 0 unspecified atom stereocenters. The van der Waals surface area contributed by atoms with Crippen molar-refractivity contribution in [1.82, 2.24) is 9.80 Å². The van der Waals surface area contributed by atoms with Gasteiger partial charge in [-0.25, -0.2) is 4.39 Å². The van der Waals surface area contributed by atoms with E-state index < -0.39 is 6.29 Å². The third kappa shape index (κ3) is 6.32. The van der Waals surface area contributed by atoms with Gasteiger partial charge in [0, 0.05) is 19.6 Å². The Hall–Kier alpha value is -3.04. The van der Waals surface area contributed by atoms with Crippen molar-refractivity contribution in [3.8, 4) is 11.5 Å². The molecule has 0 bridgehead atoms. The average molecular weight is 545 g/mol. The van der Waals surface area contributed by atoms with E-state index >= 15 is 0 Å². The van der Waals surface area contributed by atoms with Gasteiger partial charge in [0.25, 0.3) is 5.91 Å². The molecular weight excluding hydrogens is 513 g/mol. The van der Waals surface area contributed by atoms with Crippen LogP contribution in [0.25, 0.3) is 0 Å². The zero-order valence-corrected chi connectivity index (χ0v) is 22.1. The van der Waals surface area contributed by atoms with Crippen LogP contribution in [-0.2, 0) is 0 Å². The van der Waals surface area contributed by atoms with Crippen LogP contribution in [0.1, 0.15) is 46.7 Å². The number of benzene rings is 2. The summed E-state index contributed by atoms with van der Waals surface area (Å²) in [5.74, 6) is -0.0133. The number of carbonyl (C=O) groups excluding carboxylic acids is 1. The molecule has 0 spiro atoms. The molecule has 38 heavy (non-hydrogen) atoms. The second-order valence-electron chi connectivity index (χ2n) is 10.1. The number of alkyl halides is 2. The van der Waals surface area contributed by atoms with Crippen molar-refractivity contribution >= 4 is 17.2 Å². The van der Waals surface area contributed by atoms with Gasteiger partial charge in [0.1, 0.15) is 5.82 Å². The molecule has 3 aliphatic rings. The van der Waals surface area contributed by atoms with Crippen molar-refractivity contribution in [3.05, 3.63) is 81.8 Å². The lowest BCUT2D eigenvalue weighted by molar-refractivity contribution is -0.286. The molecule has 1 atom stereocenters. The molecule has 0 saturated carbocycles. The zero-order valence-electron chi connectivity index (χ0n) is 21.2. The van der Waals surface area contributed by atoms with E-state index in [1.807, 2.05) is 12.1 Å².